The molecule has 0 bridgehead atoms. The van der Waals surface area contributed by atoms with Crippen molar-refractivity contribution in [3.8, 4) is 5.75 Å². The van der Waals surface area contributed by atoms with E-state index in [0.717, 1.165) is 12.8 Å². The predicted octanol–water partition coefficient (Wildman–Crippen LogP) is 3.20. The molecule has 0 saturated heterocycles. The van der Waals surface area contributed by atoms with Gasteiger partial charge in [0.25, 0.3) is 0 Å². The van der Waals surface area contributed by atoms with E-state index in [2.05, 4.69) is 5.16 Å². The van der Waals surface area contributed by atoms with Crippen molar-refractivity contribution in [3.63, 3.8) is 0 Å². The molecule has 6 nitrogen and oxygen atoms in total. The molecule has 0 radical (unpaired) electrons. The van der Waals surface area contributed by atoms with E-state index >= 15 is 0 Å². The summed E-state index contributed by atoms with van der Waals surface area (Å²) in [4.78, 5) is 17.3. The van der Waals surface area contributed by atoms with Gasteiger partial charge in [0.05, 0.1) is 7.11 Å². The van der Waals surface area contributed by atoms with Gasteiger partial charge in [-0.25, -0.2) is 4.79 Å². The number of hydrogen-bond donors (Lipinski definition) is 0. The summed E-state index contributed by atoms with van der Waals surface area (Å²) in [5.41, 5.74) is 1.29. The molecule has 0 spiro atoms. The monoisotopic (exact) mass is 367 g/mol. The van der Waals surface area contributed by atoms with Crippen molar-refractivity contribution in [1.29, 1.82) is 0 Å². The minimum atomic E-state index is -0.647. The summed E-state index contributed by atoms with van der Waals surface area (Å²) in [6.45, 7) is 2.79. The third kappa shape index (κ3) is 4.44. The molecule has 7 heteroatoms. The summed E-state index contributed by atoms with van der Waals surface area (Å²) < 4.78 is 16.6. The first-order valence-electron chi connectivity index (χ1n) is 8.48. The van der Waals surface area contributed by atoms with Crippen LogP contribution in [0.5, 0.6) is 5.75 Å². The number of benzene rings is 1. The second-order valence-corrected chi connectivity index (χ2v) is 6.60. The van der Waals surface area contributed by atoms with Crippen molar-refractivity contribution in [2.75, 3.05) is 20.3 Å². The van der Waals surface area contributed by atoms with Crippen LogP contribution in [-0.4, -0.2) is 44.2 Å². The Balaban J connectivity index is 1.86. The molecule has 1 fully saturated rings. The number of carbonyl (C=O) groups is 1. The van der Waals surface area contributed by atoms with Crippen molar-refractivity contribution < 1.29 is 23.8 Å². The number of esters is 1. The van der Waals surface area contributed by atoms with Crippen LogP contribution in [0.1, 0.15) is 31.7 Å². The number of rotatable bonds is 8. The number of methoxy groups -OCH3 is 1. The molecule has 1 unspecified atom stereocenters. The lowest BCUT2D eigenvalue weighted by Gasteiger charge is -2.20. The second kappa shape index (κ2) is 8.06. The van der Waals surface area contributed by atoms with Crippen LogP contribution in [0, 0.1) is 5.92 Å². The van der Waals surface area contributed by atoms with E-state index < -0.39 is 6.10 Å². The van der Waals surface area contributed by atoms with E-state index in [4.69, 9.17) is 30.6 Å². The van der Waals surface area contributed by atoms with Crippen LogP contribution in [0.15, 0.2) is 23.4 Å². The van der Waals surface area contributed by atoms with Gasteiger partial charge in [0.2, 0.25) is 0 Å². The predicted molar refractivity (Wildman–Crippen MR) is 93.1 cm³/mol. The van der Waals surface area contributed by atoms with Gasteiger partial charge in [-0.15, -0.1) is 0 Å². The smallest absolute Gasteiger partial charge is 0.347 e. The zero-order valence-electron chi connectivity index (χ0n) is 14.4. The first-order valence-corrected chi connectivity index (χ1v) is 8.86. The normalized spacial score (nSPS) is 20.6. The van der Waals surface area contributed by atoms with E-state index in [9.17, 15) is 4.79 Å². The summed E-state index contributed by atoms with van der Waals surface area (Å²) >= 11 is 6.16. The van der Waals surface area contributed by atoms with Crippen LogP contribution in [0.25, 0.3) is 0 Å². The van der Waals surface area contributed by atoms with Crippen LogP contribution in [-0.2, 0) is 19.1 Å². The fraction of sp³-hybridized carbons (Fsp3) is 0.556. The van der Waals surface area contributed by atoms with Crippen molar-refractivity contribution in [2.24, 2.45) is 11.1 Å². The van der Waals surface area contributed by atoms with Gasteiger partial charge < -0.3 is 19.0 Å². The molecule has 1 saturated carbocycles. The van der Waals surface area contributed by atoms with Gasteiger partial charge in [-0.05, 0) is 37.5 Å². The number of halogens is 1. The number of nitrogens with zero attached hydrogens (tertiary/aromatic N) is 1. The number of ether oxygens (including phenoxy) is 3. The molecule has 1 aromatic carbocycles. The lowest BCUT2D eigenvalue weighted by Crippen LogP contribution is -2.31. The lowest BCUT2D eigenvalue weighted by molar-refractivity contribution is -0.149. The third-order valence-corrected chi connectivity index (χ3v) is 4.49. The highest BCUT2D eigenvalue weighted by Gasteiger charge is 2.33. The second-order valence-electron chi connectivity index (χ2n) is 6.17. The molecule has 1 aliphatic carbocycles. The first-order chi connectivity index (χ1) is 12.1. The first kappa shape index (κ1) is 18.0. The Bertz CT molecular complexity index is 659. The summed E-state index contributed by atoms with van der Waals surface area (Å²) in [6.07, 6.45) is 1.96. The fourth-order valence-electron chi connectivity index (χ4n) is 2.80. The molecular weight excluding hydrogens is 346 g/mol. The lowest BCUT2D eigenvalue weighted by atomic mass is 10.0. The molecule has 0 aromatic heterocycles. The Morgan fingerprint density at radius 1 is 1.44 bits per heavy atom. The average Bonchev–Trinajstić information content (AvgIpc) is 3.31. The topological polar surface area (TPSA) is 66.3 Å². The van der Waals surface area contributed by atoms with Gasteiger partial charge >= 0.3 is 5.97 Å². The largest absolute Gasteiger partial charge is 0.478 e. The highest BCUT2D eigenvalue weighted by atomic mass is 35.5. The summed E-state index contributed by atoms with van der Waals surface area (Å²) in [5, 5.41) is 4.64. The molecule has 3 rings (SSSR count). The maximum atomic E-state index is 12.1. The fourth-order valence-corrected chi connectivity index (χ4v) is 2.97. The Morgan fingerprint density at radius 3 is 2.92 bits per heavy atom. The Morgan fingerprint density at radius 2 is 2.24 bits per heavy atom. The van der Waals surface area contributed by atoms with Crippen LogP contribution in [0.4, 0.5) is 0 Å². The molecule has 0 N–H and O–H groups in total. The van der Waals surface area contributed by atoms with Gasteiger partial charge in [-0.2, -0.15) is 0 Å². The van der Waals surface area contributed by atoms with Gasteiger partial charge in [0, 0.05) is 17.2 Å². The highest BCUT2D eigenvalue weighted by molar-refractivity contribution is 6.31. The van der Waals surface area contributed by atoms with E-state index in [1.165, 1.54) is 7.11 Å². The standard InChI is InChI=1S/C18H22ClNO5/c1-3-23-16-10-24-20-17(16)13-9-12(19)6-7-14(13)25-15(18(21)22-2)8-11-4-5-11/h6-7,9,11,15-16H,3-5,8,10H2,1-2H3/t15-,16?/m0/s1. The molecule has 2 aliphatic rings. The van der Waals surface area contributed by atoms with Crippen LogP contribution < -0.4 is 4.74 Å². The molecule has 1 aliphatic heterocycles. The van der Waals surface area contributed by atoms with Gasteiger partial charge in [-0.3, -0.25) is 0 Å². The Kier molecular flexibility index (Phi) is 5.81. The van der Waals surface area contributed by atoms with Crippen LogP contribution in [0.3, 0.4) is 0 Å². The maximum Gasteiger partial charge on any atom is 0.347 e. The van der Waals surface area contributed by atoms with E-state index in [1.54, 1.807) is 18.2 Å². The van der Waals surface area contributed by atoms with Crippen LogP contribution >= 0.6 is 11.6 Å². The number of oxime groups is 1. The molecule has 1 aromatic rings. The zero-order chi connectivity index (χ0) is 17.8. The maximum absolute atomic E-state index is 12.1. The quantitative estimate of drug-likeness (QED) is 0.660. The molecular formula is C18H22ClNO5. The molecule has 25 heavy (non-hydrogen) atoms. The average molecular weight is 368 g/mol. The SMILES string of the molecule is CCOC1CON=C1c1cc(Cl)ccc1O[C@@H](CC1CC1)C(=O)OC. The third-order valence-electron chi connectivity index (χ3n) is 4.26. The molecule has 1 heterocycles. The van der Waals surface area contributed by atoms with Crippen molar-refractivity contribution in [2.45, 2.75) is 38.4 Å². The summed E-state index contributed by atoms with van der Waals surface area (Å²) in [7, 11) is 1.37. The summed E-state index contributed by atoms with van der Waals surface area (Å²) in [6, 6.07) is 5.21. The van der Waals surface area contributed by atoms with Crippen molar-refractivity contribution in [1.82, 2.24) is 0 Å². The van der Waals surface area contributed by atoms with E-state index in [-0.39, 0.29) is 12.1 Å². The zero-order valence-corrected chi connectivity index (χ0v) is 15.1. The summed E-state index contributed by atoms with van der Waals surface area (Å²) in [5.74, 6) is 0.663. The minimum absolute atomic E-state index is 0.286. The number of carbonyl (C=O) groups excluding carboxylic acids is 1. The van der Waals surface area contributed by atoms with E-state index in [1.807, 2.05) is 6.92 Å². The highest BCUT2D eigenvalue weighted by Crippen LogP contribution is 2.36. The molecule has 2 atom stereocenters. The Hall–Kier alpha value is -1.79. The van der Waals surface area contributed by atoms with Crippen molar-refractivity contribution >= 4 is 23.3 Å². The number of hydrogen-bond acceptors (Lipinski definition) is 6. The van der Waals surface area contributed by atoms with Gasteiger partial charge in [0.1, 0.15) is 24.2 Å². The molecule has 0 amide bonds. The van der Waals surface area contributed by atoms with Gasteiger partial charge in [0.15, 0.2) is 6.10 Å². The van der Waals surface area contributed by atoms with E-state index in [0.29, 0.717) is 47.6 Å². The van der Waals surface area contributed by atoms with Gasteiger partial charge in [-0.1, -0.05) is 29.6 Å². The molecule has 136 valence electrons. The van der Waals surface area contributed by atoms with Crippen molar-refractivity contribution in [3.05, 3.63) is 28.8 Å². The minimum Gasteiger partial charge on any atom is -0.478 e. The Labute approximate surface area is 152 Å². The van der Waals surface area contributed by atoms with Crippen LogP contribution in [0.2, 0.25) is 5.02 Å².